The lowest BCUT2D eigenvalue weighted by Crippen LogP contribution is -2.45. The Morgan fingerprint density at radius 2 is 2.27 bits per heavy atom. The molecule has 0 aromatic heterocycles. The highest BCUT2D eigenvalue weighted by Crippen LogP contribution is 2.37. The van der Waals surface area contributed by atoms with Crippen molar-refractivity contribution in [3.8, 4) is 0 Å². The van der Waals surface area contributed by atoms with Crippen LogP contribution in [0.3, 0.4) is 0 Å². The van der Waals surface area contributed by atoms with Crippen molar-refractivity contribution >= 4 is 18.3 Å². The van der Waals surface area contributed by atoms with Gasteiger partial charge in [0.1, 0.15) is 0 Å². The van der Waals surface area contributed by atoms with Gasteiger partial charge in [-0.3, -0.25) is 4.79 Å². The van der Waals surface area contributed by atoms with Crippen LogP contribution in [-0.2, 0) is 4.79 Å². The molecule has 1 amide bonds. The summed E-state index contributed by atoms with van der Waals surface area (Å²) in [7, 11) is 0. The summed E-state index contributed by atoms with van der Waals surface area (Å²) in [4.78, 5) is 14.2. The SMILES string of the molecule is CCCN1CCC2(CCCNC2)C1=O.Cl. The Bertz CT molecular complexity index is 227. The zero-order chi connectivity index (χ0) is 10.0. The number of carbonyl (C=O) groups excluding carboxylic acids is 1. The molecule has 1 N–H and O–H groups in total. The molecular weight excluding hydrogens is 212 g/mol. The monoisotopic (exact) mass is 232 g/mol. The first-order chi connectivity index (χ1) is 6.78. The molecule has 1 unspecified atom stereocenters. The van der Waals surface area contributed by atoms with Crippen molar-refractivity contribution < 1.29 is 4.79 Å². The summed E-state index contributed by atoms with van der Waals surface area (Å²) in [6.07, 6.45) is 4.40. The Hall–Kier alpha value is -0.280. The van der Waals surface area contributed by atoms with Crippen LogP contribution in [0.5, 0.6) is 0 Å². The van der Waals surface area contributed by atoms with Crippen LogP contribution in [0.1, 0.15) is 32.6 Å². The highest BCUT2D eigenvalue weighted by Gasteiger charge is 2.46. The molecule has 88 valence electrons. The molecule has 2 fully saturated rings. The van der Waals surface area contributed by atoms with Crippen LogP contribution in [0.25, 0.3) is 0 Å². The van der Waals surface area contributed by atoms with E-state index in [0.29, 0.717) is 5.91 Å². The molecule has 2 rings (SSSR count). The summed E-state index contributed by atoms with van der Waals surface area (Å²) in [5.41, 5.74) is -0.0204. The molecule has 2 aliphatic heterocycles. The fourth-order valence-electron chi connectivity index (χ4n) is 2.74. The average molecular weight is 233 g/mol. The number of carbonyl (C=O) groups is 1. The number of hydrogen-bond acceptors (Lipinski definition) is 2. The summed E-state index contributed by atoms with van der Waals surface area (Å²) < 4.78 is 0. The van der Waals surface area contributed by atoms with Crippen molar-refractivity contribution in [2.75, 3.05) is 26.2 Å². The van der Waals surface area contributed by atoms with Crippen molar-refractivity contribution in [3.63, 3.8) is 0 Å². The van der Waals surface area contributed by atoms with Crippen LogP contribution in [0.4, 0.5) is 0 Å². The van der Waals surface area contributed by atoms with Gasteiger partial charge in [-0.25, -0.2) is 0 Å². The number of amides is 1. The van der Waals surface area contributed by atoms with E-state index in [9.17, 15) is 4.79 Å². The largest absolute Gasteiger partial charge is 0.342 e. The van der Waals surface area contributed by atoms with Gasteiger partial charge in [0.2, 0.25) is 5.91 Å². The Balaban J connectivity index is 0.00000112. The number of piperidine rings is 1. The number of rotatable bonds is 2. The maximum atomic E-state index is 12.2. The van der Waals surface area contributed by atoms with Crippen molar-refractivity contribution in [2.24, 2.45) is 5.41 Å². The summed E-state index contributed by atoms with van der Waals surface area (Å²) in [5.74, 6) is 0.409. The first kappa shape index (κ1) is 12.8. The molecule has 0 aromatic carbocycles. The molecule has 2 aliphatic rings. The number of likely N-dealkylation sites (tertiary alicyclic amines) is 1. The number of nitrogens with one attached hydrogen (secondary N) is 1. The minimum atomic E-state index is -0.0204. The fourth-order valence-corrected chi connectivity index (χ4v) is 2.74. The maximum Gasteiger partial charge on any atom is 0.230 e. The van der Waals surface area contributed by atoms with E-state index in [1.807, 2.05) is 4.90 Å². The van der Waals surface area contributed by atoms with E-state index in [4.69, 9.17) is 0 Å². The van der Waals surface area contributed by atoms with Crippen LogP contribution < -0.4 is 5.32 Å². The third-order valence-corrected chi connectivity index (χ3v) is 3.57. The average Bonchev–Trinajstić information content (AvgIpc) is 2.50. The predicted octanol–water partition coefficient (Wildman–Crippen LogP) is 1.42. The Labute approximate surface area is 98.0 Å². The van der Waals surface area contributed by atoms with Gasteiger partial charge in [0.05, 0.1) is 5.41 Å². The zero-order valence-corrected chi connectivity index (χ0v) is 10.2. The summed E-state index contributed by atoms with van der Waals surface area (Å²) >= 11 is 0. The van der Waals surface area contributed by atoms with Gasteiger partial charge in [-0.05, 0) is 32.2 Å². The minimum absolute atomic E-state index is 0. The molecule has 2 saturated heterocycles. The fraction of sp³-hybridized carbons (Fsp3) is 0.909. The van der Waals surface area contributed by atoms with Crippen molar-refractivity contribution in [3.05, 3.63) is 0 Å². The van der Waals surface area contributed by atoms with Crippen LogP contribution >= 0.6 is 12.4 Å². The minimum Gasteiger partial charge on any atom is -0.342 e. The van der Waals surface area contributed by atoms with Gasteiger partial charge >= 0.3 is 0 Å². The second-order valence-electron chi connectivity index (χ2n) is 4.60. The number of nitrogens with zero attached hydrogens (tertiary/aromatic N) is 1. The van der Waals surface area contributed by atoms with Crippen LogP contribution in [0.15, 0.2) is 0 Å². The summed E-state index contributed by atoms with van der Waals surface area (Å²) in [6.45, 7) is 6.06. The molecule has 3 nitrogen and oxygen atoms in total. The van der Waals surface area contributed by atoms with E-state index in [2.05, 4.69) is 12.2 Å². The number of hydrogen-bond donors (Lipinski definition) is 1. The van der Waals surface area contributed by atoms with Gasteiger partial charge in [-0.1, -0.05) is 6.92 Å². The van der Waals surface area contributed by atoms with Crippen molar-refractivity contribution in [1.29, 1.82) is 0 Å². The van der Waals surface area contributed by atoms with E-state index < -0.39 is 0 Å². The second-order valence-corrected chi connectivity index (χ2v) is 4.60. The normalized spacial score (nSPS) is 30.7. The summed E-state index contributed by atoms with van der Waals surface area (Å²) in [6, 6.07) is 0. The van der Waals surface area contributed by atoms with E-state index in [1.54, 1.807) is 0 Å². The van der Waals surface area contributed by atoms with Crippen LogP contribution in [-0.4, -0.2) is 37.0 Å². The first-order valence-corrected chi connectivity index (χ1v) is 5.79. The quantitative estimate of drug-likeness (QED) is 0.781. The molecule has 0 aliphatic carbocycles. The molecule has 1 spiro atoms. The van der Waals surface area contributed by atoms with Crippen LogP contribution in [0, 0.1) is 5.41 Å². The molecule has 15 heavy (non-hydrogen) atoms. The number of halogens is 1. The standard InChI is InChI=1S/C11H20N2O.ClH/c1-2-7-13-8-5-11(10(13)14)4-3-6-12-9-11;/h12H,2-9H2,1H3;1H. The summed E-state index contributed by atoms with van der Waals surface area (Å²) in [5, 5.41) is 3.36. The van der Waals surface area contributed by atoms with E-state index >= 15 is 0 Å². The Kier molecular flexibility index (Phi) is 4.41. The van der Waals surface area contributed by atoms with E-state index in [1.165, 1.54) is 0 Å². The first-order valence-electron chi connectivity index (χ1n) is 5.79. The second kappa shape index (κ2) is 5.17. The van der Waals surface area contributed by atoms with E-state index in [0.717, 1.165) is 51.9 Å². The van der Waals surface area contributed by atoms with Crippen molar-refractivity contribution in [1.82, 2.24) is 10.2 Å². The van der Waals surface area contributed by atoms with Gasteiger partial charge in [0.25, 0.3) is 0 Å². The molecule has 2 heterocycles. The predicted molar refractivity (Wildman–Crippen MR) is 63.3 cm³/mol. The molecule has 0 bridgehead atoms. The molecule has 4 heteroatoms. The van der Waals surface area contributed by atoms with Gasteiger partial charge < -0.3 is 10.2 Å². The third-order valence-electron chi connectivity index (χ3n) is 3.57. The van der Waals surface area contributed by atoms with Crippen LogP contribution in [0.2, 0.25) is 0 Å². The molecule has 0 aromatic rings. The smallest absolute Gasteiger partial charge is 0.230 e. The molecule has 0 saturated carbocycles. The topological polar surface area (TPSA) is 32.3 Å². The maximum absolute atomic E-state index is 12.2. The lowest BCUT2D eigenvalue weighted by atomic mass is 9.79. The lowest BCUT2D eigenvalue weighted by molar-refractivity contribution is -0.136. The highest BCUT2D eigenvalue weighted by molar-refractivity contribution is 5.85. The van der Waals surface area contributed by atoms with Gasteiger partial charge in [-0.2, -0.15) is 0 Å². The lowest BCUT2D eigenvalue weighted by Gasteiger charge is -2.32. The van der Waals surface area contributed by atoms with Gasteiger partial charge in [0, 0.05) is 19.6 Å². The van der Waals surface area contributed by atoms with Gasteiger partial charge in [0.15, 0.2) is 0 Å². The molecular formula is C11H21ClN2O. The Morgan fingerprint density at radius 1 is 1.47 bits per heavy atom. The molecule has 0 radical (unpaired) electrons. The third kappa shape index (κ3) is 2.28. The van der Waals surface area contributed by atoms with E-state index in [-0.39, 0.29) is 17.8 Å². The zero-order valence-electron chi connectivity index (χ0n) is 9.42. The Morgan fingerprint density at radius 3 is 2.87 bits per heavy atom. The van der Waals surface area contributed by atoms with Gasteiger partial charge in [-0.15, -0.1) is 12.4 Å². The highest BCUT2D eigenvalue weighted by atomic mass is 35.5. The molecule has 1 atom stereocenters. The van der Waals surface area contributed by atoms with Crippen molar-refractivity contribution in [2.45, 2.75) is 32.6 Å².